The smallest absolute Gasteiger partial charge is 0.0520 e. The zero-order chi connectivity index (χ0) is 7.49. The predicted molar refractivity (Wildman–Crippen MR) is 52.3 cm³/mol. The van der Waals surface area contributed by atoms with Crippen molar-refractivity contribution in [1.82, 2.24) is 0 Å². The van der Waals surface area contributed by atoms with Crippen molar-refractivity contribution in [2.75, 3.05) is 0 Å². The maximum absolute atomic E-state index is 8.00. The molecule has 0 aliphatic rings. The molecule has 0 spiro atoms. The van der Waals surface area contributed by atoms with Crippen LogP contribution in [0.25, 0.3) is 10.4 Å². The van der Waals surface area contributed by atoms with Crippen molar-refractivity contribution >= 4 is 24.0 Å². The largest absolute Gasteiger partial charge is 0.325 e. The molecule has 0 fully saturated rings. The molecule has 1 unspecified atom stereocenters. The average Bonchev–Trinajstić information content (AvgIpc) is 1.64. The van der Waals surface area contributed by atoms with Crippen molar-refractivity contribution in [3.05, 3.63) is 10.4 Å². The van der Waals surface area contributed by atoms with Crippen molar-refractivity contribution in [2.45, 2.75) is 32.4 Å². The lowest BCUT2D eigenvalue weighted by atomic mass is 9.99. The van der Waals surface area contributed by atoms with E-state index in [1.807, 2.05) is 13.8 Å². The van der Waals surface area contributed by atoms with E-state index >= 15 is 0 Å². The van der Waals surface area contributed by atoms with Crippen LogP contribution in [0.1, 0.15) is 20.8 Å². The van der Waals surface area contributed by atoms with E-state index in [1.165, 1.54) is 0 Å². The Morgan fingerprint density at radius 2 is 2.00 bits per heavy atom. The summed E-state index contributed by atoms with van der Waals surface area (Å²) in [7, 11) is 0. The van der Waals surface area contributed by atoms with Crippen LogP contribution in [0.5, 0.6) is 0 Å². The van der Waals surface area contributed by atoms with Crippen LogP contribution in [0.15, 0.2) is 5.11 Å². The molecule has 5 heteroatoms. The van der Waals surface area contributed by atoms with Crippen molar-refractivity contribution in [1.29, 1.82) is 0 Å². The van der Waals surface area contributed by atoms with Gasteiger partial charge in [0.25, 0.3) is 0 Å². The summed E-state index contributed by atoms with van der Waals surface area (Å²) in [6.45, 7) is 5.44. The molecular formula is C5H13IN4. The first-order valence-corrected chi connectivity index (χ1v) is 2.81. The molecule has 10 heavy (non-hydrogen) atoms. The maximum Gasteiger partial charge on any atom is 0.0520 e. The van der Waals surface area contributed by atoms with E-state index in [0.29, 0.717) is 0 Å². The second-order valence-electron chi connectivity index (χ2n) is 2.70. The van der Waals surface area contributed by atoms with E-state index in [4.69, 9.17) is 11.3 Å². The predicted octanol–water partition coefficient (Wildman–Crippen LogP) is 2.04. The van der Waals surface area contributed by atoms with Gasteiger partial charge in [-0.2, -0.15) is 0 Å². The zero-order valence-corrected chi connectivity index (χ0v) is 8.73. The lowest BCUT2D eigenvalue weighted by Gasteiger charge is -2.22. The van der Waals surface area contributed by atoms with Gasteiger partial charge in [-0.25, -0.2) is 0 Å². The summed E-state index contributed by atoms with van der Waals surface area (Å²) in [5, 5.41) is 3.45. The molecule has 0 aliphatic carbocycles. The minimum absolute atomic E-state index is 0. The normalized spacial score (nSPS) is 12.8. The summed E-state index contributed by atoms with van der Waals surface area (Å²) in [4.78, 5) is 2.65. The lowest BCUT2D eigenvalue weighted by molar-refractivity contribution is 0.432. The van der Waals surface area contributed by atoms with Gasteiger partial charge in [0.15, 0.2) is 0 Å². The molecule has 0 radical (unpaired) electrons. The third-order valence-electron chi connectivity index (χ3n) is 1.30. The Morgan fingerprint density at radius 3 is 2.10 bits per heavy atom. The van der Waals surface area contributed by atoms with E-state index in [1.54, 1.807) is 6.92 Å². The Balaban J connectivity index is 0. The molecule has 0 aromatic heterocycles. The Morgan fingerprint density at radius 1 is 1.60 bits per heavy atom. The number of hydrogen-bond acceptors (Lipinski definition) is 2. The molecule has 0 bridgehead atoms. The SMILES string of the molecule is CC(N=[N+]=[N-])C(C)(C)N.I. The number of rotatable bonds is 2. The first kappa shape index (κ1) is 12.7. The topological polar surface area (TPSA) is 74.8 Å². The molecular weight excluding hydrogens is 243 g/mol. The Hall–Kier alpha value is 0. The number of nitrogens with two attached hydrogens (primary N) is 1. The van der Waals surface area contributed by atoms with Gasteiger partial charge in [0.2, 0.25) is 0 Å². The van der Waals surface area contributed by atoms with E-state index in [0.717, 1.165) is 0 Å². The summed E-state index contributed by atoms with van der Waals surface area (Å²) < 4.78 is 0. The fraction of sp³-hybridized carbons (Fsp3) is 1.00. The summed E-state index contributed by atoms with van der Waals surface area (Å²) >= 11 is 0. The molecule has 60 valence electrons. The second-order valence-corrected chi connectivity index (χ2v) is 2.70. The number of nitrogens with zero attached hydrogens (tertiary/aromatic N) is 3. The summed E-state index contributed by atoms with van der Waals surface area (Å²) in [5.74, 6) is 0. The van der Waals surface area contributed by atoms with Crippen LogP contribution in [0.4, 0.5) is 0 Å². The number of hydrogen-bond donors (Lipinski definition) is 1. The molecule has 0 aliphatic heterocycles. The molecule has 0 rings (SSSR count). The van der Waals surface area contributed by atoms with Gasteiger partial charge in [0, 0.05) is 10.5 Å². The van der Waals surface area contributed by atoms with Crippen LogP contribution in [0.3, 0.4) is 0 Å². The number of azide groups is 1. The molecule has 0 saturated carbocycles. The monoisotopic (exact) mass is 256 g/mol. The van der Waals surface area contributed by atoms with Gasteiger partial charge in [-0.15, -0.1) is 24.0 Å². The third kappa shape index (κ3) is 4.84. The van der Waals surface area contributed by atoms with Crippen LogP contribution >= 0.6 is 24.0 Å². The lowest BCUT2D eigenvalue weighted by Crippen LogP contribution is -2.41. The minimum atomic E-state index is -0.410. The fourth-order valence-electron chi connectivity index (χ4n) is 0.226. The highest BCUT2D eigenvalue weighted by Crippen LogP contribution is 2.07. The van der Waals surface area contributed by atoms with Crippen LogP contribution in [0.2, 0.25) is 0 Å². The van der Waals surface area contributed by atoms with Crippen LogP contribution in [-0.4, -0.2) is 11.6 Å². The molecule has 0 amide bonds. The van der Waals surface area contributed by atoms with Crippen molar-refractivity contribution in [2.24, 2.45) is 10.8 Å². The average molecular weight is 256 g/mol. The highest BCUT2D eigenvalue weighted by molar-refractivity contribution is 14.0. The highest BCUT2D eigenvalue weighted by Gasteiger charge is 2.18. The summed E-state index contributed by atoms with van der Waals surface area (Å²) in [5.41, 5.74) is 13.2. The van der Waals surface area contributed by atoms with Gasteiger partial charge in [-0.1, -0.05) is 12.0 Å². The maximum atomic E-state index is 8.00. The van der Waals surface area contributed by atoms with Crippen molar-refractivity contribution < 1.29 is 0 Å². The molecule has 1 atom stereocenters. The van der Waals surface area contributed by atoms with E-state index < -0.39 is 5.54 Å². The second kappa shape index (κ2) is 4.76. The standard InChI is InChI=1S/C5H12N4.HI/c1-4(8-9-7)5(2,3)6;/h4H,6H2,1-3H3;1H. The van der Waals surface area contributed by atoms with Gasteiger partial charge < -0.3 is 5.73 Å². The fourth-order valence-corrected chi connectivity index (χ4v) is 0.226. The highest BCUT2D eigenvalue weighted by atomic mass is 127. The van der Waals surface area contributed by atoms with Gasteiger partial charge in [-0.05, 0) is 19.4 Å². The Kier molecular flexibility index (Phi) is 6.02. The zero-order valence-electron chi connectivity index (χ0n) is 6.40. The molecule has 4 nitrogen and oxygen atoms in total. The quantitative estimate of drug-likeness (QED) is 0.349. The molecule has 2 N–H and O–H groups in total. The minimum Gasteiger partial charge on any atom is -0.325 e. The van der Waals surface area contributed by atoms with Crippen LogP contribution < -0.4 is 5.73 Å². The van der Waals surface area contributed by atoms with Crippen molar-refractivity contribution in [3.8, 4) is 0 Å². The number of halogens is 1. The Bertz CT molecular complexity index is 133. The van der Waals surface area contributed by atoms with E-state index in [9.17, 15) is 0 Å². The van der Waals surface area contributed by atoms with Crippen LogP contribution in [0, 0.1) is 0 Å². The first-order chi connectivity index (χ1) is 3.98. The molecule has 0 heterocycles. The van der Waals surface area contributed by atoms with Gasteiger partial charge in [-0.3, -0.25) is 0 Å². The first-order valence-electron chi connectivity index (χ1n) is 2.81. The van der Waals surface area contributed by atoms with E-state index in [2.05, 4.69) is 10.0 Å². The van der Waals surface area contributed by atoms with Gasteiger partial charge in [0.05, 0.1) is 6.04 Å². The van der Waals surface area contributed by atoms with E-state index in [-0.39, 0.29) is 30.0 Å². The summed E-state index contributed by atoms with van der Waals surface area (Å²) in [6.07, 6.45) is 0. The van der Waals surface area contributed by atoms with Crippen molar-refractivity contribution in [3.63, 3.8) is 0 Å². The molecule has 0 aromatic rings. The van der Waals surface area contributed by atoms with Crippen LogP contribution in [-0.2, 0) is 0 Å². The third-order valence-corrected chi connectivity index (χ3v) is 1.30. The molecule has 0 saturated heterocycles. The van der Waals surface area contributed by atoms with Gasteiger partial charge >= 0.3 is 0 Å². The Labute approximate surface area is 77.8 Å². The molecule has 0 aromatic carbocycles. The summed E-state index contributed by atoms with van der Waals surface area (Å²) in [6, 6.07) is -0.150. The van der Waals surface area contributed by atoms with Gasteiger partial charge in [0.1, 0.15) is 0 Å².